The number of nitrogens with zero attached hydrogens (tertiary/aromatic N) is 1. The van der Waals surface area contributed by atoms with Crippen molar-refractivity contribution in [1.82, 2.24) is 9.71 Å². The Morgan fingerprint density at radius 3 is 2.77 bits per heavy atom. The first-order chi connectivity index (χ1) is 12.5. The number of aryl methyl sites for hydroxylation is 1. The zero-order valence-electron chi connectivity index (χ0n) is 14.6. The summed E-state index contributed by atoms with van der Waals surface area (Å²) in [6, 6.07) is 10.5. The number of nitrogens with one attached hydrogen (secondary N) is 1. The number of benzene rings is 1. The minimum absolute atomic E-state index is 0.174. The summed E-state index contributed by atoms with van der Waals surface area (Å²) in [5.74, 6) is 0.693. The summed E-state index contributed by atoms with van der Waals surface area (Å²) in [4.78, 5) is 4.62. The van der Waals surface area contributed by atoms with Crippen LogP contribution in [0.1, 0.15) is 18.1 Å². The normalized spacial score (nSPS) is 11.5. The molecular weight excluding hydrogens is 368 g/mol. The largest absolute Gasteiger partial charge is 0.494 e. The molecule has 2 heterocycles. The zero-order valence-corrected chi connectivity index (χ0v) is 16.2. The van der Waals surface area contributed by atoms with Gasteiger partial charge in [0.1, 0.15) is 5.75 Å². The maximum absolute atomic E-state index is 12.7. The highest BCUT2D eigenvalue weighted by atomic mass is 32.2. The summed E-state index contributed by atoms with van der Waals surface area (Å²) in [5, 5.41) is 3.97. The van der Waals surface area contributed by atoms with E-state index >= 15 is 0 Å². The van der Waals surface area contributed by atoms with Crippen LogP contribution < -0.4 is 9.46 Å². The van der Waals surface area contributed by atoms with Crippen LogP contribution in [0.15, 0.2) is 58.3 Å². The minimum atomic E-state index is -3.63. The van der Waals surface area contributed by atoms with Gasteiger partial charge in [-0.2, -0.15) is 11.3 Å². The summed E-state index contributed by atoms with van der Waals surface area (Å²) in [5.41, 5.74) is 3.40. The van der Waals surface area contributed by atoms with Crippen LogP contribution in [0.3, 0.4) is 0 Å². The molecule has 0 saturated heterocycles. The van der Waals surface area contributed by atoms with Crippen molar-refractivity contribution < 1.29 is 13.2 Å². The summed E-state index contributed by atoms with van der Waals surface area (Å²) in [7, 11) is -3.63. The summed E-state index contributed by atoms with van der Waals surface area (Å²) >= 11 is 1.58. The molecule has 3 aromatic rings. The second-order valence-electron chi connectivity index (χ2n) is 5.71. The van der Waals surface area contributed by atoms with Crippen LogP contribution in [0.25, 0.3) is 11.3 Å². The molecule has 2 aromatic heterocycles. The number of thiophene rings is 1. The Labute approximate surface area is 157 Å². The molecular formula is C19H20N2O3S2. The van der Waals surface area contributed by atoms with Crippen molar-refractivity contribution in [1.29, 1.82) is 0 Å². The zero-order chi connectivity index (χ0) is 18.6. The average Bonchev–Trinajstić information content (AvgIpc) is 3.16. The van der Waals surface area contributed by atoms with Gasteiger partial charge in [0.15, 0.2) is 0 Å². The fraction of sp³-hybridized carbons (Fsp3) is 0.211. The van der Waals surface area contributed by atoms with Crippen molar-refractivity contribution >= 4 is 21.4 Å². The smallest absolute Gasteiger partial charge is 0.240 e. The van der Waals surface area contributed by atoms with E-state index in [0.29, 0.717) is 12.4 Å². The molecule has 26 heavy (non-hydrogen) atoms. The third-order valence-electron chi connectivity index (χ3n) is 3.90. The third-order valence-corrected chi connectivity index (χ3v) is 5.98. The topological polar surface area (TPSA) is 68.3 Å². The van der Waals surface area contributed by atoms with Crippen LogP contribution in [0.4, 0.5) is 0 Å². The van der Waals surface area contributed by atoms with Crippen molar-refractivity contribution in [3.8, 4) is 17.0 Å². The van der Waals surface area contributed by atoms with Gasteiger partial charge in [0, 0.05) is 23.7 Å². The van der Waals surface area contributed by atoms with Crippen LogP contribution in [-0.2, 0) is 16.6 Å². The number of ether oxygens (including phenoxy) is 1. The first kappa shape index (κ1) is 18.6. The Kier molecular flexibility index (Phi) is 5.70. The number of sulfonamides is 1. The minimum Gasteiger partial charge on any atom is -0.494 e. The van der Waals surface area contributed by atoms with E-state index in [2.05, 4.69) is 9.71 Å². The van der Waals surface area contributed by atoms with Gasteiger partial charge in [-0.05, 0) is 60.7 Å². The number of aromatic nitrogens is 1. The van der Waals surface area contributed by atoms with Crippen molar-refractivity contribution in [2.24, 2.45) is 0 Å². The molecule has 0 unspecified atom stereocenters. The lowest BCUT2D eigenvalue weighted by Gasteiger charge is -2.12. The van der Waals surface area contributed by atoms with Gasteiger partial charge in [0.2, 0.25) is 10.0 Å². The molecule has 0 spiro atoms. The maximum Gasteiger partial charge on any atom is 0.240 e. The molecule has 0 amide bonds. The van der Waals surface area contributed by atoms with Crippen LogP contribution in [0.5, 0.6) is 5.75 Å². The highest BCUT2D eigenvalue weighted by Gasteiger charge is 2.17. The number of hydrogen-bond acceptors (Lipinski definition) is 5. The molecule has 0 saturated carbocycles. The highest BCUT2D eigenvalue weighted by molar-refractivity contribution is 7.89. The third kappa shape index (κ3) is 4.12. The Morgan fingerprint density at radius 2 is 2.08 bits per heavy atom. The Bertz CT molecular complexity index is 984. The summed E-state index contributed by atoms with van der Waals surface area (Å²) in [6.45, 7) is 4.44. The molecule has 0 aliphatic heterocycles. The SMILES string of the molecule is CCOc1ccc(S(=O)(=O)NCc2cccnc2-c2ccsc2)cc1C. The van der Waals surface area contributed by atoms with Crippen LogP contribution in [0, 0.1) is 6.92 Å². The van der Waals surface area contributed by atoms with E-state index < -0.39 is 10.0 Å². The van der Waals surface area contributed by atoms with E-state index in [-0.39, 0.29) is 11.4 Å². The van der Waals surface area contributed by atoms with Crippen molar-refractivity contribution in [3.63, 3.8) is 0 Å². The monoisotopic (exact) mass is 388 g/mol. The first-order valence-corrected chi connectivity index (χ1v) is 10.6. The number of pyridine rings is 1. The van der Waals surface area contributed by atoms with Gasteiger partial charge in [0.25, 0.3) is 0 Å². The lowest BCUT2D eigenvalue weighted by Crippen LogP contribution is -2.23. The molecule has 1 N–H and O–H groups in total. The fourth-order valence-electron chi connectivity index (χ4n) is 2.60. The maximum atomic E-state index is 12.7. The van der Waals surface area contributed by atoms with Gasteiger partial charge in [-0.25, -0.2) is 13.1 Å². The predicted octanol–water partition coefficient (Wildman–Crippen LogP) is 4.00. The van der Waals surface area contributed by atoms with Crippen LogP contribution in [0.2, 0.25) is 0 Å². The van der Waals surface area contributed by atoms with Gasteiger partial charge < -0.3 is 4.74 Å². The van der Waals surface area contributed by atoms with Crippen molar-refractivity contribution in [2.75, 3.05) is 6.61 Å². The quantitative estimate of drug-likeness (QED) is 0.664. The standard InChI is InChI=1S/C19H20N2O3S2/c1-3-24-18-7-6-17(11-14(18)2)26(22,23)21-12-15-5-4-9-20-19(15)16-8-10-25-13-16/h4-11,13,21H,3,12H2,1-2H3. The molecule has 0 fully saturated rings. The molecule has 0 aliphatic carbocycles. The van der Waals surface area contributed by atoms with Gasteiger partial charge in [-0.15, -0.1) is 0 Å². The lowest BCUT2D eigenvalue weighted by molar-refractivity contribution is 0.337. The van der Waals surface area contributed by atoms with Crippen LogP contribution in [-0.4, -0.2) is 20.0 Å². The predicted molar refractivity (Wildman–Crippen MR) is 104 cm³/mol. The second-order valence-corrected chi connectivity index (χ2v) is 8.26. The summed E-state index contributed by atoms with van der Waals surface area (Å²) in [6.07, 6.45) is 1.71. The van der Waals surface area contributed by atoms with E-state index in [4.69, 9.17) is 4.74 Å². The van der Waals surface area contributed by atoms with Gasteiger partial charge >= 0.3 is 0 Å². The first-order valence-electron chi connectivity index (χ1n) is 8.21. The molecule has 1 aromatic carbocycles. The fourth-order valence-corrected chi connectivity index (χ4v) is 4.33. The molecule has 0 radical (unpaired) electrons. The molecule has 5 nitrogen and oxygen atoms in total. The Balaban J connectivity index is 1.81. The molecule has 0 bridgehead atoms. The highest BCUT2D eigenvalue weighted by Crippen LogP contribution is 2.25. The van der Waals surface area contributed by atoms with E-state index in [1.807, 2.05) is 36.7 Å². The van der Waals surface area contributed by atoms with Crippen LogP contribution >= 0.6 is 11.3 Å². The Morgan fingerprint density at radius 1 is 1.23 bits per heavy atom. The summed E-state index contributed by atoms with van der Waals surface area (Å²) < 4.78 is 33.4. The number of rotatable bonds is 7. The van der Waals surface area contributed by atoms with E-state index in [1.54, 1.807) is 41.8 Å². The molecule has 0 aliphatic rings. The molecule has 136 valence electrons. The van der Waals surface area contributed by atoms with Gasteiger partial charge in [0.05, 0.1) is 17.2 Å². The van der Waals surface area contributed by atoms with E-state index in [0.717, 1.165) is 22.4 Å². The molecule has 3 rings (SSSR count). The van der Waals surface area contributed by atoms with E-state index in [9.17, 15) is 8.42 Å². The van der Waals surface area contributed by atoms with Gasteiger partial charge in [-0.1, -0.05) is 6.07 Å². The molecule has 7 heteroatoms. The van der Waals surface area contributed by atoms with Crippen molar-refractivity contribution in [3.05, 3.63) is 64.5 Å². The average molecular weight is 389 g/mol. The lowest BCUT2D eigenvalue weighted by atomic mass is 10.1. The second kappa shape index (κ2) is 7.99. The Hall–Kier alpha value is -2.22. The van der Waals surface area contributed by atoms with Gasteiger partial charge in [-0.3, -0.25) is 4.98 Å². The molecule has 0 atom stereocenters. The van der Waals surface area contributed by atoms with Crippen molar-refractivity contribution in [2.45, 2.75) is 25.3 Å². The number of hydrogen-bond donors (Lipinski definition) is 1. The van der Waals surface area contributed by atoms with E-state index in [1.165, 1.54) is 0 Å².